The molecule has 0 saturated heterocycles. The molecule has 0 fully saturated rings. The van der Waals surface area contributed by atoms with Crippen LogP contribution >= 0.6 is 0 Å². The molecule has 0 aliphatic carbocycles. The summed E-state index contributed by atoms with van der Waals surface area (Å²) < 4.78 is 26.9. The lowest BCUT2D eigenvalue weighted by atomic mass is 10.1. The quantitative estimate of drug-likeness (QED) is 0.667. The van der Waals surface area contributed by atoms with Gasteiger partial charge in [-0.3, -0.25) is 14.6 Å². The number of hydrogen-bond acceptors (Lipinski definition) is 4. The maximum absolute atomic E-state index is 13.8. The van der Waals surface area contributed by atoms with Gasteiger partial charge in [0.25, 0.3) is 5.56 Å². The van der Waals surface area contributed by atoms with Crippen molar-refractivity contribution in [3.05, 3.63) is 81.5 Å². The molecule has 0 radical (unpaired) electrons. The van der Waals surface area contributed by atoms with Crippen LogP contribution in [-0.4, -0.2) is 20.9 Å². The first-order chi connectivity index (χ1) is 13.8. The SMILES string of the molecule is Cc1nc(-c2ccncc2)[nH]c(=O)c1CCC(=O)NC(C)c1ccc(F)cc1F. The monoisotopic (exact) mass is 398 g/mol. The second-order valence-corrected chi connectivity index (χ2v) is 6.67. The normalized spacial score (nSPS) is 11.9. The van der Waals surface area contributed by atoms with Crippen LogP contribution in [0.1, 0.15) is 36.2 Å². The van der Waals surface area contributed by atoms with Crippen molar-refractivity contribution < 1.29 is 13.6 Å². The molecule has 1 atom stereocenters. The van der Waals surface area contributed by atoms with Crippen LogP contribution in [0.3, 0.4) is 0 Å². The van der Waals surface area contributed by atoms with E-state index < -0.39 is 17.7 Å². The van der Waals surface area contributed by atoms with Crippen molar-refractivity contribution in [2.45, 2.75) is 32.7 Å². The second kappa shape index (κ2) is 8.72. The molecule has 1 unspecified atom stereocenters. The van der Waals surface area contributed by atoms with Gasteiger partial charge in [0.1, 0.15) is 17.5 Å². The lowest BCUT2D eigenvalue weighted by Crippen LogP contribution is -2.28. The smallest absolute Gasteiger partial charge is 0.254 e. The summed E-state index contributed by atoms with van der Waals surface area (Å²) in [6.45, 7) is 3.32. The molecular weight excluding hydrogens is 378 g/mol. The van der Waals surface area contributed by atoms with E-state index in [1.165, 1.54) is 6.07 Å². The summed E-state index contributed by atoms with van der Waals surface area (Å²) in [5, 5.41) is 2.66. The number of halogens is 2. The maximum Gasteiger partial charge on any atom is 0.254 e. The van der Waals surface area contributed by atoms with Crippen LogP contribution in [0.15, 0.2) is 47.5 Å². The molecule has 0 aliphatic heterocycles. The molecule has 0 aliphatic rings. The highest BCUT2D eigenvalue weighted by Crippen LogP contribution is 2.18. The van der Waals surface area contributed by atoms with Gasteiger partial charge >= 0.3 is 0 Å². The number of carbonyl (C=O) groups excluding carboxylic acids is 1. The number of aromatic nitrogens is 3. The third-order valence-electron chi connectivity index (χ3n) is 4.58. The first-order valence-corrected chi connectivity index (χ1v) is 9.09. The number of hydrogen-bond donors (Lipinski definition) is 2. The molecule has 1 amide bonds. The van der Waals surface area contributed by atoms with E-state index >= 15 is 0 Å². The van der Waals surface area contributed by atoms with E-state index in [4.69, 9.17) is 0 Å². The van der Waals surface area contributed by atoms with Crippen LogP contribution in [-0.2, 0) is 11.2 Å². The van der Waals surface area contributed by atoms with Crippen molar-refractivity contribution in [3.8, 4) is 11.4 Å². The Morgan fingerprint density at radius 1 is 1.21 bits per heavy atom. The molecule has 29 heavy (non-hydrogen) atoms. The second-order valence-electron chi connectivity index (χ2n) is 6.67. The van der Waals surface area contributed by atoms with Crippen LogP contribution in [0.2, 0.25) is 0 Å². The Balaban J connectivity index is 1.66. The van der Waals surface area contributed by atoms with Gasteiger partial charge in [-0.15, -0.1) is 0 Å². The molecular formula is C21H20F2N4O2. The van der Waals surface area contributed by atoms with Gasteiger partial charge in [0.2, 0.25) is 5.91 Å². The number of aryl methyl sites for hydroxylation is 1. The first-order valence-electron chi connectivity index (χ1n) is 9.09. The molecule has 0 bridgehead atoms. The fourth-order valence-electron chi connectivity index (χ4n) is 3.03. The molecule has 3 aromatic rings. The highest BCUT2D eigenvalue weighted by molar-refractivity contribution is 5.76. The van der Waals surface area contributed by atoms with Gasteiger partial charge in [-0.25, -0.2) is 13.8 Å². The van der Waals surface area contributed by atoms with Crippen LogP contribution in [0, 0.1) is 18.6 Å². The highest BCUT2D eigenvalue weighted by Gasteiger charge is 2.16. The standard InChI is InChI=1S/C21H20F2N4O2/c1-12(16-4-3-15(22)11-18(16)23)25-19(28)6-5-17-13(2)26-20(27-21(17)29)14-7-9-24-10-8-14/h3-4,7-12H,5-6H2,1-2H3,(H,25,28)(H,26,27,29). The van der Waals surface area contributed by atoms with Gasteiger partial charge in [0.15, 0.2) is 0 Å². The average Bonchev–Trinajstić information content (AvgIpc) is 2.67. The average molecular weight is 398 g/mol. The number of aromatic amines is 1. The van der Waals surface area contributed by atoms with E-state index in [0.717, 1.165) is 17.7 Å². The van der Waals surface area contributed by atoms with Crippen LogP contribution in [0.5, 0.6) is 0 Å². The lowest BCUT2D eigenvalue weighted by molar-refractivity contribution is -0.121. The fraction of sp³-hybridized carbons (Fsp3) is 0.238. The van der Waals surface area contributed by atoms with E-state index in [1.54, 1.807) is 38.4 Å². The summed E-state index contributed by atoms with van der Waals surface area (Å²) in [5.74, 6) is -1.31. The molecule has 2 aromatic heterocycles. The van der Waals surface area contributed by atoms with Crippen molar-refractivity contribution >= 4 is 5.91 Å². The molecule has 150 valence electrons. The molecule has 0 spiro atoms. The van der Waals surface area contributed by atoms with Crippen molar-refractivity contribution in [1.82, 2.24) is 20.3 Å². The fourth-order valence-corrected chi connectivity index (χ4v) is 3.03. The Morgan fingerprint density at radius 3 is 2.59 bits per heavy atom. The third-order valence-corrected chi connectivity index (χ3v) is 4.58. The van der Waals surface area contributed by atoms with Gasteiger partial charge in [0.05, 0.1) is 6.04 Å². The molecule has 3 rings (SSSR count). The van der Waals surface area contributed by atoms with Crippen molar-refractivity contribution in [3.63, 3.8) is 0 Å². The molecule has 1 aromatic carbocycles. The van der Waals surface area contributed by atoms with Gasteiger partial charge in [-0.1, -0.05) is 6.07 Å². The molecule has 0 saturated carbocycles. The summed E-state index contributed by atoms with van der Waals surface area (Å²) in [6, 6.07) is 6.06. The Morgan fingerprint density at radius 2 is 1.93 bits per heavy atom. The maximum atomic E-state index is 13.8. The third kappa shape index (κ3) is 4.90. The van der Waals surface area contributed by atoms with Crippen LogP contribution in [0.4, 0.5) is 8.78 Å². The van der Waals surface area contributed by atoms with Crippen LogP contribution in [0.25, 0.3) is 11.4 Å². The van der Waals surface area contributed by atoms with Gasteiger partial charge in [0, 0.05) is 47.3 Å². The Bertz CT molecular complexity index is 1080. The van der Waals surface area contributed by atoms with E-state index in [9.17, 15) is 18.4 Å². The zero-order chi connectivity index (χ0) is 21.0. The number of rotatable bonds is 6. The summed E-state index contributed by atoms with van der Waals surface area (Å²) in [5.41, 5.74) is 1.57. The number of amides is 1. The lowest BCUT2D eigenvalue weighted by Gasteiger charge is -2.15. The summed E-state index contributed by atoms with van der Waals surface area (Å²) in [4.78, 5) is 35.7. The predicted molar refractivity (Wildman–Crippen MR) is 104 cm³/mol. The number of benzene rings is 1. The minimum absolute atomic E-state index is 0.0351. The first kappa shape index (κ1) is 20.3. The van der Waals surface area contributed by atoms with Crippen molar-refractivity contribution in [1.29, 1.82) is 0 Å². The Labute approximate surface area is 166 Å². The number of nitrogens with one attached hydrogen (secondary N) is 2. The van der Waals surface area contributed by atoms with Crippen molar-refractivity contribution in [2.75, 3.05) is 0 Å². The van der Waals surface area contributed by atoms with Crippen molar-refractivity contribution in [2.24, 2.45) is 0 Å². The summed E-state index contributed by atoms with van der Waals surface area (Å²) >= 11 is 0. The van der Waals surface area contributed by atoms with E-state index in [2.05, 4.69) is 20.3 Å². The van der Waals surface area contributed by atoms with E-state index in [1.807, 2.05) is 0 Å². The molecule has 2 heterocycles. The molecule has 6 nitrogen and oxygen atoms in total. The topological polar surface area (TPSA) is 87.7 Å². The van der Waals surface area contributed by atoms with Gasteiger partial charge in [-0.2, -0.15) is 0 Å². The molecule has 2 N–H and O–H groups in total. The van der Waals surface area contributed by atoms with E-state index in [-0.39, 0.29) is 29.9 Å². The highest BCUT2D eigenvalue weighted by atomic mass is 19.1. The zero-order valence-electron chi connectivity index (χ0n) is 16.0. The molecule has 8 heteroatoms. The van der Waals surface area contributed by atoms with Gasteiger partial charge < -0.3 is 10.3 Å². The summed E-state index contributed by atoms with van der Waals surface area (Å²) in [6.07, 6.45) is 3.44. The number of carbonyl (C=O) groups is 1. The summed E-state index contributed by atoms with van der Waals surface area (Å²) in [7, 11) is 0. The van der Waals surface area contributed by atoms with Gasteiger partial charge in [-0.05, 0) is 38.5 Å². The number of H-pyrrole nitrogens is 1. The minimum Gasteiger partial charge on any atom is -0.349 e. The number of pyridine rings is 1. The Kier molecular flexibility index (Phi) is 6.11. The Hall–Kier alpha value is -3.42. The number of nitrogens with zero attached hydrogens (tertiary/aromatic N) is 2. The zero-order valence-corrected chi connectivity index (χ0v) is 16.0. The van der Waals surface area contributed by atoms with Crippen LogP contribution < -0.4 is 10.9 Å². The minimum atomic E-state index is -0.721. The predicted octanol–water partition coefficient (Wildman–Crippen LogP) is 3.23. The van der Waals surface area contributed by atoms with E-state index in [0.29, 0.717) is 17.1 Å². The largest absolute Gasteiger partial charge is 0.349 e.